The fourth-order valence-corrected chi connectivity index (χ4v) is 2.91. The number of hydrogen-bond acceptors (Lipinski definition) is 3. The van der Waals surface area contributed by atoms with E-state index in [1.54, 1.807) is 6.26 Å². The molecule has 100 valence electrons. The van der Waals surface area contributed by atoms with Crippen molar-refractivity contribution in [3.63, 3.8) is 0 Å². The van der Waals surface area contributed by atoms with Gasteiger partial charge in [-0.05, 0) is 24.6 Å². The first-order valence-electron chi connectivity index (χ1n) is 6.05. The molecule has 1 aliphatic heterocycles. The average molecular weight is 332 g/mol. The van der Waals surface area contributed by atoms with Crippen LogP contribution in [0.15, 0.2) is 16.6 Å². The summed E-state index contributed by atoms with van der Waals surface area (Å²) >= 11 is 3.53. The van der Waals surface area contributed by atoms with E-state index in [4.69, 9.17) is 4.74 Å². The number of nitrogens with one attached hydrogen (secondary N) is 1. The molecule has 0 radical (unpaired) electrons. The lowest BCUT2D eigenvalue weighted by molar-refractivity contribution is 0.352. The minimum atomic E-state index is -0.775. The van der Waals surface area contributed by atoms with Crippen molar-refractivity contribution in [2.45, 2.75) is 25.1 Å². The molecule has 0 amide bonds. The molecule has 1 aliphatic rings. The molecule has 1 heterocycles. The monoisotopic (exact) mass is 331 g/mol. The van der Waals surface area contributed by atoms with Gasteiger partial charge in [0, 0.05) is 51.9 Å². The highest BCUT2D eigenvalue weighted by Gasteiger charge is 2.17. The first-order valence-corrected chi connectivity index (χ1v) is 8.46. The van der Waals surface area contributed by atoms with E-state index in [2.05, 4.69) is 33.4 Å². The van der Waals surface area contributed by atoms with Crippen molar-refractivity contribution in [1.82, 2.24) is 5.32 Å². The van der Waals surface area contributed by atoms with Crippen molar-refractivity contribution < 1.29 is 8.95 Å². The van der Waals surface area contributed by atoms with Gasteiger partial charge in [0.1, 0.15) is 5.75 Å². The molecule has 2 atom stereocenters. The maximum Gasteiger partial charge on any atom is 0.127 e. The third-order valence-corrected chi connectivity index (χ3v) is 4.90. The Labute approximate surface area is 119 Å². The van der Waals surface area contributed by atoms with E-state index >= 15 is 0 Å². The van der Waals surface area contributed by atoms with E-state index in [1.165, 1.54) is 11.1 Å². The summed E-state index contributed by atoms with van der Waals surface area (Å²) in [5.74, 6) is 1.02. The Bertz CT molecular complexity index is 465. The van der Waals surface area contributed by atoms with Crippen LogP contribution in [0.4, 0.5) is 0 Å². The number of benzene rings is 1. The first kappa shape index (κ1) is 14.0. The van der Waals surface area contributed by atoms with Crippen LogP contribution in [0.3, 0.4) is 0 Å². The minimum absolute atomic E-state index is 0.172. The van der Waals surface area contributed by atoms with Crippen LogP contribution in [0.1, 0.15) is 18.1 Å². The van der Waals surface area contributed by atoms with Crippen LogP contribution < -0.4 is 10.1 Å². The van der Waals surface area contributed by atoms with Gasteiger partial charge in [-0.3, -0.25) is 4.21 Å². The summed E-state index contributed by atoms with van der Waals surface area (Å²) in [5.41, 5.74) is 2.44. The number of halogens is 1. The molecule has 0 saturated carbocycles. The van der Waals surface area contributed by atoms with Crippen molar-refractivity contribution in [2.24, 2.45) is 0 Å². The maximum absolute atomic E-state index is 11.3. The Morgan fingerprint density at radius 2 is 2.33 bits per heavy atom. The summed E-state index contributed by atoms with van der Waals surface area (Å²) in [5, 5.41) is 3.52. The molecule has 5 heteroatoms. The van der Waals surface area contributed by atoms with Crippen molar-refractivity contribution in [2.75, 3.05) is 19.4 Å². The van der Waals surface area contributed by atoms with Crippen LogP contribution in [-0.4, -0.2) is 28.9 Å². The lowest BCUT2D eigenvalue weighted by Gasteiger charge is -2.12. The second-order valence-corrected chi connectivity index (χ2v) is 7.31. The molecule has 3 nitrogen and oxygen atoms in total. The van der Waals surface area contributed by atoms with E-state index in [-0.39, 0.29) is 5.25 Å². The lowest BCUT2D eigenvalue weighted by atomic mass is 10.1. The Hall–Kier alpha value is -0.390. The van der Waals surface area contributed by atoms with Crippen molar-refractivity contribution in [3.05, 3.63) is 27.7 Å². The van der Waals surface area contributed by atoms with Gasteiger partial charge in [0.25, 0.3) is 0 Å². The molecule has 0 fully saturated rings. The fraction of sp³-hybridized carbons (Fsp3) is 0.538. The van der Waals surface area contributed by atoms with Crippen LogP contribution in [-0.2, 0) is 23.8 Å². The largest absolute Gasteiger partial charge is 0.493 e. The van der Waals surface area contributed by atoms with Crippen LogP contribution in [0, 0.1) is 0 Å². The van der Waals surface area contributed by atoms with Gasteiger partial charge in [-0.25, -0.2) is 0 Å². The van der Waals surface area contributed by atoms with Crippen LogP contribution >= 0.6 is 15.9 Å². The molecule has 2 rings (SSSR count). The Kier molecular flexibility index (Phi) is 4.81. The van der Waals surface area contributed by atoms with Crippen LogP contribution in [0.25, 0.3) is 0 Å². The molecule has 18 heavy (non-hydrogen) atoms. The van der Waals surface area contributed by atoms with Crippen LogP contribution in [0.5, 0.6) is 5.75 Å². The predicted octanol–water partition coefficient (Wildman–Crippen LogP) is 2.24. The minimum Gasteiger partial charge on any atom is -0.493 e. The summed E-state index contributed by atoms with van der Waals surface area (Å²) < 4.78 is 18.0. The topological polar surface area (TPSA) is 38.3 Å². The molecule has 0 aromatic heterocycles. The van der Waals surface area contributed by atoms with E-state index < -0.39 is 10.8 Å². The summed E-state index contributed by atoms with van der Waals surface area (Å²) in [6.07, 6.45) is 2.73. The maximum atomic E-state index is 11.3. The predicted molar refractivity (Wildman–Crippen MR) is 78.6 cm³/mol. The van der Waals surface area contributed by atoms with Gasteiger partial charge in [0.15, 0.2) is 0 Å². The van der Waals surface area contributed by atoms with E-state index in [1.807, 2.05) is 6.92 Å². The van der Waals surface area contributed by atoms with Gasteiger partial charge in [-0.15, -0.1) is 0 Å². The number of hydrogen-bond donors (Lipinski definition) is 1. The molecule has 0 unspecified atom stereocenters. The molecule has 0 bridgehead atoms. The van der Waals surface area contributed by atoms with Crippen LogP contribution in [0.2, 0.25) is 0 Å². The molecule has 0 spiro atoms. The molecular weight excluding hydrogens is 314 g/mol. The van der Waals surface area contributed by atoms with Gasteiger partial charge in [-0.2, -0.15) is 0 Å². The molecule has 1 N–H and O–H groups in total. The first-order chi connectivity index (χ1) is 8.58. The summed E-state index contributed by atoms with van der Waals surface area (Å²) in [4.78, 5) is 0. The zero-order chi connectivity index (χ0) is 13.1. The Morgan fingerprint density at radius 1 is 1.56 bits per heavy atom. The van der Waals surface area contributed by atoms with Crippen molar-refractivity contribution in [1.29, 1.82) is 0 Å². The Balaban J connectivity index is 2.00. The third-order valence-electron chi connectivity index (χ3n) is 3.14. The van der Waals surface area contributed by atoms with E-state index in [0.717, 1.165) is 36.3 Å². The Morgan fingerprint density at radius 3 is 3.06 bits per heavy atom. The van der Waals surface area contributed by atoms with Gasteiger partial charge in [0.2, 0.25) is 0 Å². The zero-order valence-corrected chi connectivity index (χ0v) is 13.1. The van der Waals surface area contributed by atoms with Gasteiger partial charge < -0.3 is 10.1 Å². The second-order valence-electron chi connectivity index (χ2n) is 4.59. The summed E-state index contributed by atoms with van der Waals surface area (Å²) in [6, 6.07) is 4.21. The molecule has 1 aromatic rings. The molecule has 0 aliphatic carbocycles. The molecular formula is C13H18BrNO2S. The standard InChI is InChI=1S/C13H18BrNO2S/c1-9(18(2)16)7-15-8-11-6-12(14)5-10-3-4-17-13(10)11/h5-6,9,15H,3-4,7-8H2,1-2H3/t9-,18+/m1/s1. The van der Waals surface area contributed by atoms with Gasteiger partial charge in [0.05, 0.1) is 6.61 Å². The smallest absolute Gasteiger partial charge is 0.127 e. The number of rotatable bonds is 5. The van der Waals surface area contributed by atoms with E-state index in [9.17, 15) is 4.21 Å². The van der Waals surface area contributed by atoms with Gasteiger partial charge >= 0.3 is 0 Å². The normalized spacial score (nSPS) is 17.1. The average Bonchev–Trinajstić information content (AvgIpc) is 2.76. The molecule has 0 saturated heterocycles. The van der Waals surface area contributed by atoms with Crippen molar-refractivity contribution in [3.8, 4) is 5.75 Å². The third kappa shape index (κ3) is 3.33. The summed E-state index contributed by atoms with van der Waals surface area (Å²) in [7, 11) is -0.775. The fourth-order valence-electron chi connectivity index (χ4n) is 2.00. The number of fused-ring (bicyclic) bond motifs is 1. The SMILES string of the molecule is C[C@H](CNCc1cc(Br)cc2c1OCC2)[S@](C)=O. The lowest BCUT2D eigenvalue weighted by Crippen LogP contribution is -2.27. The summed E-state index contributed by atoms with van der Waals surface area (Å²) in [6.45, 7) is 4.27. The zero-order valence-electron chi connectivity index (χ0n) is 10.7. The van der Waals surface area contributed by atoms with Gasteiger partial charge in [-0.1, -0.05) is 15.9 Å². The highest BCUT2D eigenvalue weighted by Crippen LogP contribution is 2.32. The molecule has 1 aromatic carbocycles. The second kappa shape index (κ2) is 6.17. The highest BCUT2D eigenvalue weighted by molar-refractivity contribution is 9.10. The van der Waals surface area contributed by atoms with E-state index in [0.29, 0.717) is 0 Å². The van der Waals surface area contributed by atoms with Crippen molar-refractivity contribution >= 4 is 26.7 Å². The number of ether oxygens (including phenoxy) is 1. The quantitative estimate of drug-likeness (QED) is 0.899. The highest BCUT2D eigenvalue weighted by atomic mass is 79.9.